The lowest BCUT2D eigenvalue weighted by atomic mass is 10.0. The van der Waals surface area contributed by atoms with E-state index >= 15 is 0 Å². The van der Waals surface area contributed by atoms with Crippen molar-refractivity contribution >= 4 is 5.91 Å². The molecule has 0 fully saturated rings. The Morgan fingerprint density at radius 1 is 1.24 bits per heavy atom. The number of aryl methyl sites for hydroxylation is 1. The summed E-state index contributed by atoms with van der Waals surface area (Å²) in [5.74, 6) is 0.392. The van der Waals surface area contributed by atoms with Crippen molar-refractivity contribution in [3.05, 3.63) is 71.7 Å². The van der Waals surface area contributed by atoms with Crippen molar-refractivity contribution in [2.75, 3.05) is 6.54 Å². The van der Waals surface area contributed by atoms with Crippen molar-refractivity contribution in [2.45, 2.75) is 19.4 Å². The number of aromatic nitrogens is 1. The first-order valence-electron chi connectivity index (χ1n) is 7.87. The lowest BCUT2D eigenvalue weighted by Crippen LogP contribution is -2.38. The standard InChI is InChI=1S/C19H19FN2O3/c1-12-3-8-17(25-12)19(2,24)11-22-18(23)16-10-21-9-15(16)13-4-6-14(20)7-5-13/h3-10,21,24H,11H2,1-2H3,(H,22,23). The van der Waals surface area contributed by atoms with Crippen molar-refractivity contribution in [1.29, 1.82) is 0 Å². The van der Waals surface area contributed by atoms with E-state index in [1.54, 1.807) is 50.5 Å². The first kappa shape index (κ1) is 17.0. The molecule has 0 aliphatic heterocycles. The predicted octanol–water partition coefficient (Wildman–Crippen LogP) is 3.36. The van der Waals surface area contributed by atoms with Crippen LogP contribution in [0.2, 0.25) is 0 Å². The van der Waals surface area contributed by atoms with Gasteiger partial charge in [-0.1, -0.05) is 12.1 Å². The monoisotopic (exact) mass is 342 g/mol. The quantitative estimate of drug-likeness (QED) is 0.665. The highest BCUT2D eigenvalue weighted by molar-refractivity contribution is 6.00. The summed E-state index contributed by atoms with van der Waals surface area (Å²) >= 11 is 0. The molecule has 0 bridgehead atoms. The molecular formula is C19H19FN2O3. The van der Waals surface area contributed by atoms with Gasteiger partial charge in [-0.05, 0) is 43.7 Å². The zero-order chi connectivity index (χ0) is 18.0. The van der Waals surface area contributed by atoms with Gasteiger partial charge in [0.15, 0.2) is 0 Å². The second-order valence-corrected chi connectivity index (χ2v) is 6.16. The molecule has 2 aromatic heterocycles. The highest BCUT2D eigenvalue weighted by Gasteiger charge is 2.28. The van der Waals surface area contributed by atoms with E-state index in [2.05, 4.69) is 10.3 Å². The van der Waals surface area contributed by atoms with Gasteiger partial charge >= 0.3 is 0 Å². The van der Waals surface area contributed by atoms with Crippen LogP contribution < -0.4 is 5.32 Å². The van der Waals surface area contributed by atoms with E-state index in [1.807, 2.05) is 0 Å². The minimum absolute atomic E-state index is 0.00712. The van der Waals surface area contributed by atoms with Gasteiger partial charge in [0, 0.05) is 18.0 Å². The van der Waals surface area contributed by atoms with E-state index in [0.717, 1.165) is 5.56 Å². The second-order valence-electron chi connectivity index (χ2n) is 6.16. The molecule has 3 rings (SSSR count). The topological polar surface area (TPSA) is 78.3 Å². The summed E-state index contributed by atoms with van der Waals surface area (Å²) in [7, 11) is 0. The number of benzene rings is 1. The molecule has 0 saturated carbocycles. The Morgan fingerprint density at radius 2 is 1.96 bits per heavy atom. The summed E-state index contributed by atoms with van der Waals surface area (Å²) in [6, 6.07) is 9.34. The van der Waals surface area contributed by atoms with Crippen LogP contribution in [0.1, 0.15) is 28.8 Å². The molecule has 0 radical (unpaired) electrons. The fourth-order valence-corrected chi connectivity index (χ4v) is 2.58. The maximum absolute atomic E-state index is 13.1. The Hall–Kier alpha value is -2.86. The van der Waals surface area contributed by atoms with Gasteiger partial charge in [-0.15, -0.1) is 0 Å². The average molecular weight is 342 g/mol. The fourth-order valence-electron chi connectivity index (χ4n) is 2.58. The van der Waals surface area contributed by atoms with E-state index in [1.165, 1.54) is 12.1 Å². The van der Waals surface area contributed by atoms with E-state index in [4.69, 9.17) is 4.42 Å². The number of halogens is 1. The number of nitrogens with one attached hydrogen (secondary N) is 2. The number of aromatic amines is 1. The molecule has 0 aliphatic carbocycles. The van der Waals surface area contributed by atoms with Gasteiger partial charge in [0.25, 0.3) is 5.91 Å². The van der Waals surface area contributed by atoms with E-state index in [0.29, 0.717) is 22.6 Å². The molecule has 3 aromatic rings. The summed E-state index contributed by atoms with van der Waals surface area (Å²) in [5.41, 5.74) is 0.473. The average Bonchev–Trinajstić information content (AvgIpc) is 3.23. The van der Waals surface area contributed by atoms with Crippen LogP contribution in [0.15, 0.2) is 53.2 Å². The number of carbonyl (C=O) groups excluding carboxylic acids is 1. The van der Waals surface area contributed by atoms with Crippen LogP contribution in [0.25, 0.3) is 11.1 Å². The number of carbonyl (C=O) groups is 1. The van der Waals surface area contributed by atoms with E-state index in [9.17, 15) is 14.3 Å². The van der Waals surface area contributed by atoms with Gasteiger partial charge in [-0.2, -0.15) is 0 Å². The third-order valence-electron chi connectivity index (χ3n) is 4.01. The molecule has 5 nitrogen and oxygen atoms in total. The lowest BCUT2D eigenvalue weighted by molar-refractivity contribution is 0.0323. The molecule has 0 aliphatic rings. The van der Waals surface area contributed by atoms with Crippen molar-refractivity contribution in [2.24, 2.45) is 0 Å². The van der Waals surface area contributed by atoms with E-state index < -0.39 is 5.60 Å². The van der Waals surface area contributed by atoms with E-state index in [-0.39, 0.29) is 18.3 Å². The lowest BCUT2D eigenvalue weighted by Gasteiger charge is -2.21. The SMILES string of the molecule is Cc1ccc(C(C)(O)CNC(=O)c2c[nH]cc2-c2ccc(F)cc2)o1. The fraction of sp³-hybridized carbons (Fsp3) is 0.211. The van der Waals surface area contributed by atoms with Crippen LogP contribution >= 0.6 is 0 Å². The molecule has 0 spiro atoms. The van der Waals surface area contributed by atoms with Crippen LogP contribution in [0.4, 0.5) is 4.39 Å². The Balaban J connectivity index is 1.74. The molecule has 0 saturated heterocycles. The van der Waals surface area contributed by atoms with Crippen molar-refractivity contribution in [3.8, 4) is 11.1 Å². The highest BCUT2D eigenvalue weighted by Crippen LogP contribution is 2.25. The summed E-state index contributed by atoms with van der Waals surface area (Å²) in [6.07, 6.45) is 3.25. The van der Waals surface area contributed by atoms with Gasteiger partial charge in [0.1, 0.15) is 22.9 Å². The molecule has 1 aromatic carbocycles. The largest absolute Gasteiger partial charge is 0.463 e. The molecule has 6 heteroatoms. The Morgan fingerprint density at radius 3 is 2.60 bits per heavy atom. The molecule has 1 amide bonds. The van der Waals surface area contributed by atoms with Crippen molar-refractivity contribution in [3.63, 3.8) is 0 Å². The number of amides is 1. The molecular weight excluding hydrogens is 323 g/mol. The number of furan rings is 1. The van der Waals surface area contributed by atoms with Gasteiger partial charge < -0.3 is 19.8 Å². The summed E-state index contributed by atoms with van der Waals surface area (Å²) in [4.78, 5) is 15.4. The zero-order valence-corrected chi connectivity index (χ0v) is 14.0. The Labute approximate surface area is 144 Å². The minimum Gasteiger partial charge on any atom is -0.463 e. The smallest absolute Gasteiger partial charge is 0.253 e. The number of aliphatic hydroxyl groups is 1. The molecule has 2 heterocycles. The predicted molar refractivity (Wildman–Crippen MR) is 91.5 cm³/mol. The van der Waals surface area contributed by atoms with Crippen LogP contribution in [0.5, 0.6) is 0 Å². The van der Waals surface area contributed by atoms with Gasteiger partial charge in [-0.3, -0.25) is 4.79 Å². The number of rotatable bonds is 5. The van der Waals surface area contributed by atoms with Crippen LogP contribution in [-0.2, 0) is 5.60 Å². The van der Waals surface area contributed by atoms with Gasteiger partial charge in [-0.25, -0.2) is 4.39 Å². The summed E-state index contributed by atoms with van der Waals surface area (Å²) < 4.78 is 18.5. The first-order valence-corrected chi connectivity index (χ1v) is 7.87. The minimum atomic E-state index is -1.32. The second kappa shape index (κ2) is 6.57. The van der Waals surface area contributed by atoms with Gasteiger partial charge in [0.2, 0.25) is 0 Å². The normalized spacial score (nSPS) is 13.4. The van der Waals surface area contributed by atoms with Crippen molar-refractivity contribution in [1.82, 2.24) is 10.3 Å². The van der Waals surface area contributed by atoms with Gasteiger partial charge in [0.05, 0.1) is 12.1 Å². The third-order valence-corrected chi connectivity index (χ3v) is 4.01. The molecule has 3 N–H and O–H groups in total. The maximum atomic E-state index is 13.1. The Kier molecular flexibility index (Phi) is 4.46. The number of hydrogen-bond acceptors (Lipinski definition) is 3. The van der Waals surface area contributed by atoms with Crippen LogP contribution in [0, 0.1) is 12.7 Å². The molecule has 1 unspecified atom stereocenters. The number of hydrogen-bond donors (Lipinski definition) is 3. The summed E-state index contributed by atoms with van der Waals surface area (Å²) in [6.45, 7) is 3.35. The third kappa shape index (κ3) is 3.64. The maximum Gasteiger partial charge on any atom is 0.253 e. The van der Waals surface area contributed by atoms with Crippen molar-refractivity contribution < 1.29 is 18.7 Å². The molecule has 130 valence electrons. The van der Waals surface area contributed by atoms with Crippen LogP contribution in [0.3, 0.4) is 0 Å². The molecule has 1 atom stereocenters. The Bertz CT molecular complexity index is 878. The zero-order valence-electron chi connectivity index (χ0n) is 14.0. The summed E-state index contributed by atoms with van der Waals surface area (Å²) in [5, 5.41) is 13.2. The van der Waals surface area contributed by atoms with Crippen LogP contribution in [-0.4, -0.2) is 22.5 Å². The first-order chi connectivity index (χ1) is 11.9. The highest BCUT2D eigenvalue weighted by atomic mass is 19.1. The molecule has 25 heavy (non-hydrogen) atoms. The number of H-pyrrole nitrogens is 1.